The van der Waals surface area contributed by atoms with Crippen molar-refractivity contribution in [2.75, 3.05) is 0 Å². The smallest absolute Gasteiger partial charge is 0.198 e. The molecule has 4 heteroatoms. The molecule has 0 bridgehead atoms. The van der Waals surface area contributed by atoms with Crippen LogP contribution in [0.5, 0.6) is 5.75 Å². The first-order valence-electron chi connectivity index (χ1n) is 10.6. The highest BCUT2D eigenvalue weighted by Crippen LogP contribution is 2.40. The van der Waals surface area contributed by atoms with Gasteiger partial charge >= 0.3 is 0 Å². The molecule has 1 aromatic heterocycles. The largest absolute Gasteiger partial charge is 0.457 e. The van der Waals surface area contributed by atoms with Crippen LogP contribution in [0.25, 0.3) is 22.6 Å². The van der Waals surface area contributed by atoms with Gasteiger partial charge in [0.15, 0.2) is 11.6 Å². The molecule has 0 radical (unpaired) electrons. The predicted octanol–water partition coefficient (Wildman–Crippen LogP) is 6.06. The Morgan fingerprint density at radius 3 is 2.18 bits per heavy atom. The van der Waals surface area contributed by atoms with Crippen LogP contribution in [0.15, 0.2) is 109 Å². The number of carbonyl (C=O) groups excluding carboxylic acids is 2. The molecule has 0 amide bonds. The summed E-state index contributed by atoms with van der Waals surface area (Å²) in [6.07, 6.45) is 7.31. The summed E-state index contributed by atoms with van der Waals surface area (Å²) in [7, 11) is 0. The summed E-state index contributed by atoms with van der Waals surface area (Å²) in [4.78, 5) is 30.8. The molecule has 156 valence electrons. The maximum absolute atomic E-state index is 13.2. The molecule has 0 atom stereocenters. The van der Waals surface area contributed by atoms with Crippen LogP contribution < -0.4 is 4.74 Å². The minimum Gasteiger partial charge on any atom is -0.457 e. The zero-order valence-corrected chi connectivity index (χ0v) is 17.5. The number of benzene rings is 3. The summed E-state index contributed by atoms with van der Waals surface area (Å²) >= 11 is 0. The van der Waals surface area contributed by atoms with Gasteiger partial charge in [-0.2, -0.15) is 0 Å². The summed E-state index contributed by atoms with van der Waals surface area (Å²) in [5, 5.41) is 1.05. The van der Waals surface area contributed by atoms with E-state index in [1.807, 2.05) is 60.7 Å². The number of para-hydroxylation sites is 2. The normalized spacial score (nSPS) is 15.0. The lowest BCUT2D eigenvalue weighted by Crippen LogP contribution is -2.09. The van der Waals surface area contributed by atoms with Crippen molar-refractivity contribution in [1.82, 2.24) is 4.98 Å². The van der Waals surface area contributed by atoms with Gasteiger partial charge in [-0.3, -0.25) is 14.6 Å². The van der Waals surface area contributed by atoms with Crippen LogP contribution in [0, 0.1) is 0 Å². The number of Topliss-reactive ketones (excluding diaryl/α,β-unsaturated/α-hetero) is 2. The fraction of sp³-hybridized carbons (Fsp3) is 0. The molecule has 0 saturated carbocycles. The lowest BCUT2D eigenvalue weighted by Gasteiger charge is -2.19. The average Bonchev–Trinajstić information content (AvgIpc) is 3.12. The zero-order valence-electron chi connectivity index (χ0n) is 17.5. The quantitative estimate of drug-likeness (QED) is 0.288. The van der Waals surface area contributed by atoms with Crippen molar-refractivity contribution >= 4 is 34.1 Å². The number of hydrogen-bond donors (Lipinski definition) is 0. The lowest BCUT2D eigenvalue weighted by atomic mass is 9.93. The second-order valence-corrected chi connectivity index (χ2v) is 7.93. The molecule has 6 rings (SSSR count). The highest BCUT2D eigenvalue weighted by Gasteiger charge is 2.36. The third-order valence-corrected chi connectivity index (χ3v) is 5.88. The molecule has 1 aliphatic carbocycles. The van der Waals surface area contributed by atoms with E-state index < -0.39 is 0 Å². The number of carbonyl (C=O) groups is 2. The molecule has 0 unspecified atom stereocenters. The number of ether oxygens (including phenoxy) is 1. The Balaban J connectivity index is 1.45. The first-order valence-corrected chi connectivity index (χ1v) is 10.6. The molecule has 0 fully saturated rings. The zero-order chi connectivity index (χ0) is 22.4. The molecule has 4 nitrogen and oxygen atoms in total. The predicted molar refractivity (Wildman–Crippen MR) is 128 cm³/mol. The Bertz CT molecular complexity index is 1540. The number of ketones is 2. The lowest BCUT2D eigenvalue weighted by molar-refractivity contribution is 0.0990. The van der Waals surface area contributed by atoms with E-state index in [4.69, 9.17) is 4.74 Å². The highest BCUT2D eigenvalue weighted by atomic mass is 16.5. The number of fused-ring (bicyclic) bond motifs is 3. The van der Waals surface area contributed by atoms with Gasteiger partial charge in [-0.25, -0.2) is 0 Å². The van der Waals surface area contributed by atoms with E-state index in [1.165, 1.54) is 0 Å². The first-order chi connectivity index (χ1) is 16.2. The topological polar surface area (TPSA) is 56.3 Å². The van der Waals surface area contributed by atoms with E-state index in [9.17, 15) is 9.59 Å². The van der Waals surface area contributed by atoms with Crippen LogP contribution >= 0.6 is 0 Å². The van der Waals surface area contributed by atoms with Crippen molar-refractivity contribution in [3.8, 4) is 5.75 Å². The van der Waals surface area contributed by atoms with Crippen LogP contribution in [-0.2, 0) is 0 Å². The summed E-state index contributed by atoms with van der Waals surface area (Å²) in [5.41, 5.74) is 4.24. The molecule has 33 heavy (non-hydrogen) atoms. The third-order valence-electron chi connectivity index (χ3n) is 5.88. The molecular formula is C29H17NO3. The Kier molecular flexibility index (Phi) is 4.37. The van der Waals surface area contributed by atoms with E-state index in [2.05, 4.69) is 11.1 Å². The second kappa shape index (κ2) is 7.53. The monoisotopic (exact) mass is 427 g/mol. The molecule has 2 heterocycles. The van der Waals surface area contributed by atoms with Crippen LogP contribution in [0.2, 0.25) is 0 Å². The van der Waals surface area contributed by atoms with Crippen molar-refractivity contribution in [3.05, 3.63) is 131 Å². The van der Waals surface area contributed by atoms with Crippen LogP contribution in [-0.4, -0.2) is 16.6 Å². The van der Waals surface area contributed by atoms with Gasteiger partial charge in [0, 0.05) is 33.8 Å². The van der Waals surface area contributed by atoms with Gasteiger partial charge in [-0.1, -0.05) is 60.7 Å². The Hall–Kier alpha value is -4.57. The molecule has 0 saturated heterocycles. The number of hydrogen-bond acceptors (Lipinski definition) is 4. The Labute approximate surface area is 190 Å². The van der Waals surface area contributed by atoms with Gasteiger partial charge in [-0.05, 0) is 42.0 Å². The number of nitrogens with zero attached hydrogens (tertiary/aromatic N) is 1. The van der Waals surface area contributed by atoms with Crippen molar-refractivity contribution in [1.29, 1.82) is 0 Å². The van der Waals surface area contributed by atoms with Gasteiger partial charge in [-0.15, -0.1) is 0 Å². The molecule has 0 N–H and O–H groups in total. The van der Waals surface area contributed by atoms with Crippen LogP contribution in [0.3, 0.4) is 0 Å². The Morgan fingerprint density at radius 1 is 0.727 bits per heavy atom. The van der Waals surface area contributed by atoms with E-state index in [0.29, 0.717) is 28.2 Å². The molecule has 4 aromatic rings. The molecule has 1 aliphatic heterocycles. The van der Waals surface area contributed by atoms with Gasteiger partial charge < -0.3 is 4.74 Å². The third kappa shape index (κ3) is 3.20. The molecular weight excluding hydrogens is 410 g/mol. The number of aromatic nitrogens is 1. The van der Waals surface area contributed by atoms with Crippen molar-refractivity contribution in [3.63, 3.8) is 0 Å². The van der Waals surface area contributed by atoms with Crippen molar-refractivity contribution < 1.29 is 14.3 Å². The summed E-state index contributed by atoms with van der Waals surface area (Å²) in [6, 6.07) is 24.4. The van der Waals surface area contributed by atoms with E-state index in [1.54, 1.807) is 36.5 Å². The van der Waals surface area contributed by atoms with Gasteiger partial charge in [0.05, 0.1) is 11.1 Å². The fourth-order valence-corrected chi connectivity index (χ4v) is 4.30. The standard InChI is InChI=1S/C29H17NO3/c31-28-22-9-2-3-10-23(22)29(32)27(28)24-16-20(33-26-12-6-4-8-21(24)26)14-13-18-15-19-7-1-5-11-25(19)30-17-18/h1-17H/b14-13+. The summed E-state index contributed by atoms with van der Waals surface area (Å²) < 4.78 is 6.08. The average molecular weight is 427 g/mol. The molecule has 0 spiro atoms. The van der Waals surface area contributed by atoms with Gasteiger partial charge in [0.2, 0.25) is 0 Å². The van der Waals surface area contributed by atoms with E-state index in [-0.39, 0.29) is 17.1 Å². The molecule has 3 aromatic carbocycles. The summed E-state index contributed by atoms with van der Waals surface area (Å²) in [6.45, 7) is 0. The van der Waals surface area contributed by atoms with E-state index >= 15 is 0 Å². The van der Waals surface area contributed by atoms with Crippen LogP contribution in [0.4, 0.5) is 0 Å². The van der Waals surface area contributed by atoms with Gasteiger partial charge in [0.25, 0.3) is 0 Å². The minimum atomic E-state index is -0.249. The van der Waals surface area contributed by atoms with E-state index in [0.717, 1.165) is 22.0 Å². The maximum atomic E-state index is 13.2. The fourth-order valence-electron chi connectivity index (χ4n) is 4.30. The summed E-state index contributed by atoms with van der Waals surface area (Å²) in [5.74, 6) is 0.650. The van der Waals surface area contributed by atoms with Gasteiger partial charge in [0.1, 0.15) is 11.5 Å². The first kappa shape index (κ1) is 19.1. The number of rotatable bonds is 2. The minimum absolute atomic E-state index is 0.185. The number of allylic oxidation sites excluding steroid dienone is 4. The second-order valence-electron chi connectivity index (χ2n) is 7.93. The van der Waals surface area contributed by atoms with Crippen molar-refractivity contribution in [2.24, 2.45) is 0 Å². The highest BCUT2D eigenvalue weighted by molar-refractivity contribution is 6.43. The maximum Gasteiger partial charge on any atom is 0.198 e. The van der Waals surface area contributed by atoms with Crippen LogP contribution in [0.1, 0.15) is 31.8 Å². The molecule has 2 aliphatic rings. The SMILES string of the molecule is O=C1C(=C2C=C(/C=C/c3cnc4ccccc4c3)Oc3ccccc32)C(=O)c2ccccc21. The van der Waals surface area contributed by atoms with Crippen molar-refractivity contribution in [2.45, 2.75) is 0 Å². The number of pyridine rings is 1. The Morgan fingerprint density at radius 2 is 1.39 bits per heavy atom.